The van der Waals surface area contributed by atoms with Gasteiger partial charge in [-0.2, -0.15) is 5.26 Å². The first-order valence-electron chi connectivity index (χ1n) is 3.03. The minimum absolute atomic E-state index is 0.483. The number of allylic oxidation sites excluding steroid dienone is 1. The number of methoxy groups -OCH3 is 1. The van der Waals surface area contributed by atoms with Gasteiger partial charge in [0, 0.05) is 13.2 Å². The largest absolute Gasteiger partial charge is 0.382 e. The van der Waals surface area contributed by atoms with E-state index in [-0.39, 0.29) is 0 Å². The van der Waals surface area contributed by atoms with E-state index in [0.717, 1.165) is 0 Å². The topological polar surface area (TPSA) is 42.2 Å². The maximum absolute atomic E-state index is 8.05. The van der Waals surface area contributed by atoms with Crippen molar-refractivity contribution in [2.45, 2.75) is 0 Å². The molecular weight excluding hydrogens is 130 g/mol. The van der Waals surface area contributed by atoms with Gasteiger partial charge in [-0.15, -0.1) is 0 Å². The zero-order chi connectivity index (χ0) is 7.66. The monoisotopic (exact) mass is 141 g/mol. The maximum Gasteiger partial charge on any atom is 0.0909 e. The van der Waals surface area contributed by atoms with Gasteiger partial charge in [0.1, 0.15) is 0 Å². The third-order valence-electron chi connectivity index (χ3n) is 0.838. The summed E-state index contributed by atoms with van der Waals surface area (Å²) in [5, 5.41) is 8.05. The molecule has 3 heteroatoms. The van der Waals surface area contributed by atoms with Crippen molar-refractivity contribution in [2.75, 3.05) is 26.9 Å². The van der Waals surface area contributed by atoms with Crippen LogP contribution >= 0.6 is 0 Å². The molecule has 0 atom stereocenters. The Morgan fingerprint density at radius 1 is 1.50 bits per heavy atom. The molecule has 0 saturated carbocycles. The highest BCUT2D eigenvalue weighted by atomic mass is 16.5. The van der Waals surface area contributed by atoms with Crippen LogP contribution in [0.4, 0.5) is 0 Å². The maximum atomic E-state index is 8.05. The fourth-order valence-electron chi connectivity index (χ4n) is 0.394. The lowest BCUT2D eigenvalue weighted by atomic mass is 10.5. The standard InChI is InChI=1S/C7H11NO2/c1-9-6-7-10-5-3-2-4-8/h2-3H,5-7H2,1H3/b3-2+. The first-order chi connectivity index (χ1) is 4.91. The van der Waals surface area contributed by atoms with Gasteiger partial charge in [0.2, 0.25) is 0 Å². The van der Waals surface area contributed by atoms with Crippen molar-refractivity contribution >= 4 is 0 Å². The molecule has 0 aromatic carbocycles. The van der Waals surface area contributed by atoms with Crippen LogP contribution in [0.25, 0.3) is 0 Å². The minimum Gasteiger partial charge on any atom is -0.382 e. The van der Waals surface area contributed by atoms with E-state index in [4.69, 9.17) is 14.7 Å². The summed E-state index contributed by atoms with van der Waals surface area (Å²) in [5.41, 5.74) is 0. The molecule has 3 nitrogen and oxygen atoms in total. The van der Waals surface area contributed by atoms with Gasteiger partial charge in [-0.3, -0.25) is 0 Å². The Hall–Kier alpha value is -0.850. The molecule has 0 aliphatic carbocycles. The highest BCUT2D eigenvalue weighted by Crippen LogP contribution is 1.77. The van der Waals surface area contributed by atoms with Crippen molar-refractivity contribution in [1.82, 2.24) is 0 Å². The molecule has 0 aromatic rings. The van der Waals surface area contributed by atoms with Crippen LogP contribution in [0.3, 0.4) is 0 Å². The molecule has 0 fully saturated rings. The fraction of sp³-hybridized carbons (Fsp3) is 0.571. The molecule has 0 aliphatic heterocycles. The Kier molecular flexibility index (Phi) is 7.46. The molecule has 0 heterocycles. The van der Waals surface area contributed by atoms with E-state index < -0.39 is 0 Å². The number of nitriles is 1. The van der Waals surface area contributed by atoms with E-state index in [2.05, 4.69) is 0 Å². The first kappa shape index (κ1) is 9.15. The molecule has 0 unspecified atom stereocenters. The van der Waals surface area contributed by atoms with Crippen LogP contribution in [0, 0.1) is 11.3 Å². The van der Waals surface area contributed by atoms with Crippen molar-refractivity contribution in [3.8, 4) is 6.07 Å². The molecule has 0 aliphatic rings. The predicted molar refractivity (Wildman–Crippen MR) is 37.4 cm³/mol. The van der Waals surface area contributed by atoms with E-state index in [0.29, 0.717) is 19.8 Å². The Labute approximate surface area is 60.9 Å². The molecule has 0 N–H and O–H groups in total. The molecule has 0 aromatic heterocycles. The molecule has 0 radical (unpaired) electrons. The van der Waals surface area contributed by atoms with Crippen LogP contribution in [0.2, 0.25) is 0 Å². The average Bonchev–Trinajstić information content (AvgIpc) is 1.97. The summed E-state index contributed by atoms with van der Waals surface area (Å²) < 4.78 is 9.75. The smallest absolute Gasteiger partial charge is 0.0909 e. The number of rotatable bonds is 5. The van der Waals surface area contributed by atoms with Crippen molar-refractivity contribution in [3.05, 3.63) is 12.2 Å². The lowest BCUT2D eigenvalue weighted by molar-refractivity contribution is 0.0853. The number of ether oxygens (including phenoxy) is 2. The van der Waals surface area contributed by atoms with Gasteiger partial charge in [0.15, 0.2) is 0 Å². The summed E-state index contributed by atoms with van der Waals surface area (Å²) in [6.45, 7) is 1.66. The van der Waals surface area contributed by atoms with E-state index in [1.807, 2.05) is 6.07 Å². The Bertz CT molecular complexity index is 126. The zero-order valence-electron chi connectivity index (χ0n) is 6.04. The average molecular weight is 141 g/mol. The quantitative estimate of drug-likeness (QED) is 0.418. The molecule has 56 valence electrons. The van der Waals surface area contributed by atoms with Crippen LogP contribution in [0.1, 0.15) is 0 Å². The van der Waals surface area contributed by atoms with Gasteiger partial charge in [-0.05, 0) is 6.08 Å². The zero-order valence-corrected chi connectivity index (χ0v) is 6.04. The summed E-state index contributed by atoms with van der Waals surface area (Å²) in [5.74, 6) is 0. The van der Waals surface area contributed by atoms with Crippen LogP contribution in [-0.2, 0) is 9.47 Å². The van der Waals surface area contributed by atoms with E-state index in [1.165, 1.54) is 6.08 Å². The van der Waals surface area contributed by atoms with Crippen LogP contribution < -0.4 is 0 Å². The summed E-state index contributed by atoms with van der Waals surface area (Å²) in [6, 6.07) is 1.87. The minimum atomic E-state index is 0.483. The molecular formula is C7H11NO2. The SMILES string of the molecule is COCCOC/C=C/C#N. The molecule has 0 amide bonds. The lowest BCUT2D eigenvalue weighted by Gasteiger charge is -1.97. The van der Waals surface area contributed by atoms with Gasteiger partial charge < -0.3 is 9.47 Å². The predicted octanol–water partition coefficient (Wildman–Crippen LogP) is 0.729. The number of hydrogen-bond donors (Lipinski definition) is 0. The second-order valence-corrected chi connectivity index (χ2v) is 1.60. The third kappa shape index (κ3) is 7.15. The van der Waals surface area contributed by atoms with Crippen LogP contribution in [0.5, 0.6) is 0 Å². The molecule has 0 spiro atoms. The van der Waals surface area contributed by atoms with Crippen molar-refractivity contribution < 1.29 is 9.47 Å². The van der Waals surface area contributed by atoms with Crippen molar-refractivity contribution in [1.29, 1.82) is 5.26 Å². The van der Waals surface area contributed by atoms with E-state index >= 15 is 0 Å². The van der Waals surface area contributed by atoms with Gasteiger partial charge in [-0.1, -0.05) is 0 Å². The molecule has 10 heavy (non-hydrogen) atoms. The summed E-state index contributed by atoms with van der Waals surface area (Å²) in [7, 11) is 1.62. The summed E-state index contributed by atoms with van der Waals surface area (Å²) in [4.78, 5) is 0. The molecule has 0 saturated heterocycles. The Morgan fingerprint density at radius 3 is 2.90 bits per heavy atom. The summed E-state index contributed by atoms with van der Waals surface area (Å²) >= 11 is 0. The number of nitrogens with zero attached hydrogens (tertiary/aromatic N) is 1. The van der Waals surface area contributed by atoms with Crippen LogP contribution in [0.15, 0.2) is 12.2 Å². The second kappa shape index (κ2) is 8.15. The first-order valence-corrected chi connectivity index (χ1v) is 3.03. The summed E-state index contributed by atoms with van der Waals surface area (Å²) in [6.07, 6.45) is 3.06. The Morgan fingerprint density at radius 2 is 2.30 bits per heavy atom. The van der Waals surface area contributed by atoms with Gasteiger partial charge >= 0.3 is 0 Å². The normalized spacial score (nSPS) is 10.0. The van der Waals surface area contributed by atoms with Crippen LogP contribution in [-0.4, -0.2) is 26.9 Å². The van der Waals surface area contributed by atoms with E-state index in [9.17, 15) is 0 Å². The van der Waals surface area contributed by atoms with Crippen molar-refractivity contribution in [3.63, 3.8) is 0 Å². The fourth-order valence-corrected chi connectivity index (χ4v) is 0.394. The molecule has 0 bridgehead atoms. The second-order valence-electron chi connectivity index (χ2n) is 1.60. The van der Waals surface area contributed by atoms with Gasteiger partial charge in [-0.25, -0.2) is 0 Å². The highest BCUT2D eigenvalue weighted by molar-refractivity contribution is 5.01. The molecule has 0 rings (SSSR count). The number of hydrogen-bond acceptors (Lipinski definition) is 3. The Balaban J connectivity index is 2.92. The van der Waals surface area contributed by atoms with Gasteiger partial charge in [0.05, 0.1) is 25.9 Å². The van der Waals surface area contributed by atoms with E-state index in [1.54, 1.807) is 13.2 Å². The lowest BCUT2D eigenvalue weighted by Crippen LogP contribution is -2.00. The van der Waals surface area contributed by atoms with Crippen molar-refractivity contribution in [2.24, 2.45) is 0 Å². The third-order valence-corrected chi connectivity index (χ3v) is 0.838. The highest BCUT2D eigenvalue weighted by Gasteiger charge is 1.81. The van der Waals surface area contributed by atoms with Gasteiger partial charge in [0.25, 0.3) is 0 Å².